The second-order valence-corrected chi connectivity index (χ2v) is 7.83. The first-order chi connectivity index (χ1) is 18.7. The summed E-state index contributed by atoms with van der Waals surface area (Å²) in [4.78, 5) is 4.55. The van der Waals surface area contributed by atoms with E-state index >= 15 is 0 Å². The third kappa shape index (κ3) is 10.2. The first-order valence-corrected chi connectivity index (χ1v) is 13.1. The summed E-state index contributed by atoms with van der Waals surface area (Å²) in [6, 6.07) is 20.9. The van der Waals surface area contributed by atoms with Crippen molar-refractivity contribution in [3.63, 3.8) is 0 Å². The third-order valence-electron chi connectivity index (χ3n) is 5.43. The molecule has 0 heterocycles. The minimum Gasteiger partial charge on any atom is -0.342 e. The Bertz CT molecular complexity index is 1170. The molecule has 0 saturated heterocycles. The SMILES string of the molecule is C#C.C=C/C(=C\C=C(/C)N(C/C=C\C=C/C)c1ccccc1)N(C1=CCC=CC=C1)c1ccccc1.CC. The Labute approximate surface area is 231 Å². The number of para-hydroxylation sites is 2. The van der Waals surface area contributed by atoms with Crippen molar-refractivity contribution in [2.24, 2.45) is 0 Å². The summed E-state index contributed by atoms with van der Waals surface area (Å²) in [5.41, 5.74) is 5.56. The molecule has 0 atom stereocenters. The van der Waals surface area contributed by atoms with Crippen LogP contribution in [-0.4, -0.2) is 6.54 Å². The lowest BCUT2D eigenvalue weighted by Crippen LogP contribution is -2.21. The van der Waals surface area contributed by atoms with Crippen molar-refractivity contribution in [3.05, 3.63) is 157 Å². The minimum absolute atomic E-state index is 0.788. The van der Waals surface area contributed by atoms with Crippen molar-refractivity contribution in [1.82, 2.24) is 0 Å². The topological polar surface area (TPSA) is 6.48 Å². The molecular weight excluding hydrogens is 460 g/mol. The lowest BCUT2D eigenvalue weighted by molar-refractivity contribution is 1.01. The lowest BCUT2D eigenvalue weighted by atomic mass is 10.2. The zero-order chi connectivity index (χ0) is 28.0. The van der Waals surface area contributed by atoms with Crippen LogP contribution in [0.3, 0.4) is 0 Å². The van der Waals surface area contributed by atoms with Crippen molar-refractivity contribution in [2.45, 2.75) is 34.1 Å². The second kappa shape index (κ2) is 19.7. The standard InChI is InChI=1S/C32H34N2.C2H6.C2H2/c1-4-6-7-18-27-33(30-19-14-10-15-20-30)28(3)25-26-29(5-2)34(32-23-16-11-17-24-32)31-21-12-8-9-13-22-31;2*1-2/h4-12,14-26H,2,13,27H2,1,3H3;1-2H3;1-2H/b6-4-,18-7-,28-25+,29-26+;;. The van der Waals surface area contributed by atoms with Gasteiger partial charge in [-0.1, -0.05) is 105 Å². The van der Waals surface area contributed by atoms with E-state index in [1.165, 1.54) is 0 Å². The van der Waals surface area contributed by atoms with Crippen LogP contribution in [0.1, 0.15) is 34.1 Å². The van der Waals surface area contributed by atoms with E-state index in [-0.39, 0.29) is 0 Å². The summed E-state index contributed by atoms with van der Waals surface area (Å²) in [6.07, 6.45) is 34.2. The van der Waals surface area contributed by atoms with E-state index in [1.54, 1.807) is 0 Å². The molecule has 0 saturated carbocycles. The fraction of sp³-hybridized carbons (Fsp3) is 0.167. The van der Waals surface area contributed by atoms with Gasteiger partial charge in [-0.05, 0) is 68.8 Å². The van der Waals surface area contributed by atoms with Crippen molar-refractivity contribution in [1.29, 1.82) is 0 Å². The Morgan fingerprint density at radius 2 is 1.53 bits per heavy atom. The minimum atomic E-state index is 0.788. The molecule has 2 heteroatoms. The highest BCUT2D eigenvalue weighted by atomic mass is 15.2. The van der Waals surface area contributed by atoms with Gasteiger partial charge in [0.15, 0.2) is 0 Å². The predicted molar refractivity (Wildman–Crippen MR) is 171 cm³/mol. The summed E-state index contributed by atoms with van der Waals surface area (Å²) < 4.78 is 0. The molecule has 2 aromatic carbocycles. The van der Waals surface area contributed by atoms with Crippen LogP contribution >= 0.6 is 0 Å². The van der Waals surface area contributed by atoms with Crippen LogP contribution in [0.4, 0.5) is 11.4 Å². The Morgan fingerprint density at radius 1 is 0.895 bits per heavy atom. The molecule has 0 amide bonds. The first kappa shape index (κ1) is 31.5. The van der Waals surface area contributed by atoms with Crippen molar-refractivity contribution < 1.29 is 0 Å². The van der Waals surface area contributed by atoms with Crippen LogP contribution in [-0.2, 0) is 0 Å². The van der Waals surface area contributed by atoms with Crippen LogP contribution in [0.25, 0.3) is 0 Å². The van der Waals surface area contributed by atoms with Gasteiger partial charge in [0.1, 0.15) is 0 Å². The van der Waals surface area contributed by atoms with E-state index in [4.69, 9.17) is 0 Å². The number of allylic oxidation sites excluding steroid dienone is 12. The Balaban J connectivity index is 0.00000172. The van der Waals surface area contributed by atoms with Gasteiger partial charge < -0.3 is 9.80 Å². The van der Waals surface area contributed by atoms with Crippen molar-refractivity contribution >= 4 is 11.4 Å². The quantitative estimate of drug-likeness (QED) is 0.236. The summed E-state index contributed by atoms with van der Waals surface area (Å²) in [7, 11) is 0. The molecule has 38 heavy (non-hydrogen) atoms. The van der Waals surface area contributed by atoms with Crippen LogP contribution in [0.2, 0.25) is 0 Å². The summed E-state index contributed by atoms with van der Waals surface area (Å²) in [5.74, 6) is 0. The Morgan fingerprint density at radius 3 is 2.13 bits per heavy atom. The zero-order valence-corrected chi connectivity index (χ0v) is 23.4. The maximum atomic E-state index is 4.14. The number of benzene rings is 2. The van der Waals surface area contributed by atoms with Gasteiger partial charge in [-0.2, -0.15) is 0 Å². The van der Waals surface area contributed by atoms with Gasteiger partial charge in [0.05, 0.1) is 0 Å². The van der Waals surface area contributed by atoms with E-state index < -0.39 is 0 Å². The van der Waals surface area contributed by atoms with E-state index in [1.807, 2.05) is 45.1 Å². The van der Waals surface area contributed by atoms with E-state index in [0.717, 1.165) is 41.4 Å². The summed E-state index contributed by atoms with van der Waals surface area (Å²) >= 11 is 0. The third-order valence-corrected chi connectivity index (χ3v) is 5.43. The van der Waals surface area contributed by atoms with E-state index in [2.05, 4.69) is 145 Å². The predicted octanol–water partition coefficient (Wildman–Crippen LogP) is 9.78. The van der Waals surface area contributed by atoms with Crippen molar-refractivity contribution in [2.75, 3.05) is 16.3 Å². The number of rotatable bonds is 10. The molecule has 0 aliphatic heterocycles. The molecule has 0 radical (unpaired) electrons. The van der Waals surface area contributed by atoms with Gasteiger partial charge >= 0.3 is 0 Å². The monoisotopic (exact) mass is 502 g/mol. The molecule has 0 spiro atoms. The second-order valence-electron chi connectivity index (χ2n) is 7.83. The molecule has 0 fully saturated rings. The maximum absolute atomic E-state index is 4.14. The van der Waals surface area contributed by atoms with Crippen LogP contribution in [0.5, 0.6) is 0 Å². The molecule has 2 aromatic rings. The lowest BCUT2D eigenvalue weighted by Gasteiger charge is -2.27. The molecule has 3 rings (SSSR count). The van der Waals surface area contributed by atoms with E-state index in [9.17, 15) is 0 Å². The Kier molecular flexibility index (Phi) is 16.3. The number of anilines is 2. The number of hydrogen-bond acceptors (Lipinski definition) is 2. The van der Waals surface area contributed by atoms with Gasteiger partial charge in [-0.15, -0.1) is 12.8 Å². The highest BCUT2D eigenvalue weighted by Crippen LogP contribution is 2.27. The molecule has 2 nitrogen and oxygen atoms in total. The molecule has 0 N–H and O–H groups in total. The summed E-state index contributed by atoms with van der Waals surface area (Å²) in [5, 5.41) is 0. The number of nitrogens with zero attached hydrogens (tertiary/aromatic N) is 2. The van der Waals surface area contributed by atoms with Gasteiger partial charge in [0.25, 0.3) is 0 Å². The van der Waals surface area contributed by atoms with Gasteiger partial charge in [0, 0.05) is 35.0 Å². The normalized spacial score (nSPS) is 13.1. The molecular formula is C36H42N2. The number of terminal acetylenes is 1. The molecule has 1 aliphatic rings. The molecule has 0 bridgehead atoms. The smallest absolute Gasteiger partial charge is 0.0461 e. The van der Waals surface area contributed by atoms with Crippen LogP contribution < -0.4 is 9.80 Å². The Hall–Kier alpha value is -4.48. The van der Waals surface area contributed by atoms with Gasteiger partial charge in [0.2, 0.25) is 0 Å². The van der Waals surface area contributed by atoms with Gasteiger partial charge in [-0.25, -0.2) is 0 Å². The summed E-state index contributed by atoms with van der Waals surface area (Å²) in [6.45, 7) is 13.1. The van der Waals surface area contributed by atoms with E-state index in [0.29, 0.717) is 0 Å². The maximum Gasteiger partial charge on any atom is 0.0461 e. The number of hydrogen-bond donors (Lipinski definition) is 0. The highest BCUT2D eigenvalue weighted by molar-refractivity contribution is 5.63. The molecule has 1 aliphatic carbocycles. The van der Waals surface area contributed by atoms with Crippen molar-refractivity contribution in [3.8, 4) is 12.8 Å². The fourth-order valence-corrected chi connectivity index (χ4v) is 3.70. The average molecular weight is 503 g/mol. The van der Waals surface area contributed by atoms with Crippen LogP contribution in [0.15, 0.2) is 157 Å². The first-order valence-electron chi connectivity index (χ1n) is 13.1. The molecule has 0 aromatic heterocycles. The average Bonchev–Trinajstić information content (AvgIpc) is 3.27. The van der Waals surface area contributed by atoms with Crippen LogP contribution in [0, 0.1) is 12.8 Å². The molecule has 0 unspecified atom stereocenters. The fourth-order valence-electron chi connectivity index (χ4n) is 3.70. The molecule has 196 valence electrons. The zero-order valence-electron chi connectivity index (χ0n) is 23.4. The largest absolute Gasteiger partial charge is 0.342 e. The highest BCUT2D eigenvalue weighted by Gasteiger charge is 2.13. The van der Waals surface area contributed by atoms with Gasteiger partial charge in [-0.3, -0.25) is 0 Å².